The van der Waals surface area contributed by atoms with Crippen LogP contribution in [0.3, 0.4) is 0 Å². The number of nitrogens with one attached hydrogen (secondary N) is 1. The topological polar surface area (TPSA) is 12.0 Å². The van der Waals surface area contributed by atoms with E-state index >= 15 is 0 Å². The minimum atomic E-state index is -0.253. The third-order valence-electron chi connectivity index (χ3n) is 3.70. The fraction of sp³-hybridized carbons (Fsp3) is 0.600. The van der Waals surface area contributed by atoms with Crippen molar-refractivity contribution in [2.24, 2.45) is 11.8 Å². The van der Waals surface area contributed by atoms with Crippen molar-refractivity contribution in [1.82, 2.24) is 5.32 Å². The summed E-state index contributed by atoms with van der Waals surface area (Å²) in [5.74, 6) is 0.740. The summed E-state index contributed by atoms with van der Waals surface area (Å²) in [6.45, 7) is 5.36. The highest BCUT2D eigenvalue weighted by Gasteiger charge is 2.23. The molecule has 1 aliphatic carbocycles. The van der Waals surface area contributed by atoms with Gasteiger partial charge in [-0.05, 0) is 49.3 Å². The van der Waals surface area contributed by atoms with Gasteiger partial charge in [-0.2, -0.15) is 0 Å². The lowest BCUT2D eigenvalue weighted by Gasteiger charge is -2.22. The number of benzene rings is 1. The second kappa shape index (κ2) is 6.03. The first kappa shape index (κ1) is 13.8. The highest BCUT2D eigenvalue weighted by Crippen LogP contribution is 2.25. The minimum absolute atomic E-state index is 0.227. The Kier molecular flexibility index (Phi) is 4.63. The third-order valence-corrected chi connectivity index (χ3v) is 3.99. The van der Waals surface area contributed by atoms with Gasteiger partial charge in [-0.15, -0.1) is 0 Å². The summed E-state index contributed by atoms with van der Waals surface area (Å²) in [5, 5.41) is 3.76. The molecule has 1 aliphatic rings. The summed E-state index contributed by atoms with van der Waals surface area (Å²) < 4.78 is 13.9. The van der Waals surface area contributed by atoms with Crippen LogP contribution in [0.4, 0.5) is 4.39 Å². The van der Waals surface area contributed by atoms with Crippen LogP contribution in [0.5, 0.6) is 0 Å². The Morgan fingerprint density at radius 2 is 2.11 bits per heavy atom. The molecule has 0 amide bonds. The van der Waals surface area contributed by atoms with Crippen molar-refractivity contribution in [3.8, 4) is 0 Å². The van der Waals surface area contributed by atoms with E-state index in [1.807, 2.05) is 12.1 Å². The molecule has 0 spiro atoms. The van der Waals surface area contributed by atoms with Crippen LogP contribution in [-0.2, 0) is 6.42 Å². The summed E-state index contributed by atoms with van der Waals surface area (Å²) in [4.78, 5) is 0. The smallest absolute Gasteiger partial charge is 0.144 e. The molecule has 1 fully saturated rings. The molecule has 0 aliphatic heterocycles. The van der Waals surface area contributed by atoms with E-state index in [0.29, 0.717) is 17.9 Å². The van der Waals surface area contributed by atoms with Crippen LogP contribution in [0.15, 0.2) is 18.2 Å². The molecule has 18 heavy (non-hydrogen) atoms. The van der Waals surface area contributed by atoms with E-state index < -0.39 is 0 Å². The molecule has 1 unspecified atom stereocenters. The Balaban J connectivity index is 2.00. The van der Waals surface area contributed by atoms with Gasteiger partial charge < -0.3 is 5.32 Å². The van der Waals surface area contributed by atoms with Crippen molar-refractivity contribution in [2.45, 2.75) is 39.2 Å². The molecule has 1 aromatic rings. The zero-order valence-corrected chi connectivity index (χ0v) is 11.8. The monoisotopic (exact) mass is 269 g/mol. The molecular formula is C15H21ClFN. The lowest BCUT2D eigenvalue weighted by Crippen LogP contribution is -2.29. The maximum atomic E-state index is 13.9. The third kappa shape index (κ3) is 3.69. The SMILES string of the molecule is CC(C)C(CNC1CC1)Cc1cccc(Cl)c1F. The number of hydrogen-bond donors (Lipinski definition) is 1. The van der Waals surface area contributed by atoms with Crippen molar-refractivity contribution >= 4 is 11.6 Å². The molecule has 0 aromatic heterocycles. The lowest BCUT2D eigenvalue weighted by atomic mass is 9.89. The first-order valence-electron chi connectivity index (χ1n) is 6.74. The molecule has 1 aromatic carbocycles. The maximum Gasteiger partial charge on any atom is 0.144 e. The zero-order valence-electron chi connectivity index (χ0n) is 11.0. The molecule has 1 saturated carbocycles. The number of rotatable bonds is 6. The van der Waals surface area contributed by atoms with Gasteiger partial charge in [-0.25, -0.2) is 4.39 Å². The lowest BCUT2D eigenvalue weighted by molar-refractivity contribution is 0.355. The summed E-state index contributed by atoms with van der Waals surface area (Å²) in [7, 11) is 0. The van der Waals surface area contributed by atoms with Gasteiger partial charge in [-0.3, -0.25) is 0 Å². The molecule has 0 heterocycles. The van der Waals surface area contributed by atoms with Crippen LogP contribution in [0, 0.1) is 17.7 Å². The van der Waals surface area contributed by atoms with E-state index in [4.69, 9.17) is 11.6 Å². The summed E-state index contributed by atoms with van der Waals surface area (Å²) in [5.41, 5.74) is 0.735. The van der Waals surface area contributed by atoms with Gasteiger partial charge in [0.2, 0.25) is 0 Å². The van der Waals surface area contributed by atoms with Crippen molar-refractivity contribution in [3.63, 3.8) is 0 Å². The Morgan fingerprint density at radius 3 is 2.72 bits per heavy atom. The standard InChI is InChI=1S/C15H21ClFN/c1-10(2)12(9-18-13-6-7-13)8-11-4-3-5-14(16)15(11)17/h3-5,10,12-13,18H,6-9H2,1-2H3. The predicted octanol–water partition coefficient (Wildman–Crippen LogP) is 4.05. The molecule has 1 nitrogen and oxygen atoms in total. The molecule has 1 N–H and O–H groups in total. The number of hydrogen-bond acceptors (Lipinski definition) is 1. The number of halogens is 2. The normalized spacial score (nSPS) is 17.2. The van der Waals surface area contributed by atoms with Gasteiger partial charge in [0.25, 0.3) is 0 Å². The fourth-order valence-corrected chi connectivity index (χ4v) is 2.33. The van der Waals surface area contributed by atoms with Crippen LogP contribution in [-0.4, -0.2) is 12.6 Å². The predicted molar refractivity (Wildman–Crippen MR) is 74.5 cm³/mol. The van der Waals surface area contributed by atoms with Crippen molar-refractivity contribution in [3.05, 3.63) is 34.6 Å². The van der Waals surface area contributed by atoms with Gasteiger partial charge >= 0.3 is 0 Å². The Hall–Kier alpha value is -0.600. The zero-order chi connectivity index (χ0) is 13.1. The first-order valence-corrected chi connectivity index (χ1v) is 7.12. The van der Waals surface area contributed by atoms with Crippen LogP contribution in [0.25, 0.3) is 0 Å². The van der Waals surface area contributed by atoms with E-state index in [9.17, 15) is 4.39 Å². The molecule has 100 valence electrons. The average molecular weight is 270 g/mol. The second-order valence-electron chi connectivity index (χ2n) is 5.60. The van der Waals surface area contributed by atoms with E-state index in [1.54, 1.807) is 6.07 Å². The van der Waals surface area contributed by atoms with Crippen LogP contribution < -0.4 is 5.32 Å². The van der Waals surface area contributed by atoms with Gasteiger partial charge in [0, 0.05) is 6.04 Å². The van der Waals surface area contributed by atoms with Crippen molar-refractivity contribution in [1.29, 1.82) is 0 Å². The fourth-order valence-electron chi connectivity index (χ4n) is 2.14. The van der Waals surface area contributed by atoms with Gasteiger partial charge in [0.05, 0.1) is 5.02 Å². The molecule has 0 saturated heterocycles. The highest BCUT2D eigenvalue weighted by atomic mass is 35.5. The minimum Gasteiger partial charge on any atom is -0.314 e. The average Bonchev–Trinajstić information content (AvgIpc) is 3.13. The molecule has 2 rings (SSSR count). The van der Waals surface area contributed by atoms with Crippen molar-refractivity contribution in [2.75, 3.05) is 6.54 Å². The van der Waals surface area contributed by atoms with Gasteiger partial charge in [-0.1, -0.05) is 37.6 Å². The van der Waals surface area contributed by atoms with E-state index in [1.165, 1.54) is 12.8 Å². The molecule has 0 bridgehead atoms. The maximum absolute atomic E-state index is 13.9. The molecule has 0 radical (unpaired) electrons. The Bertz CT molecular complexity index is 401. The second-order valence-corrected chi connectivity index (χ2v) is 6.01. The first-order chi connectivity index (χ1) is 8.58. The molecular weight excluding hydrogens is 249 g/mol. The summed E-state index contributed by atoms with van der Waals surface area (Å²) in [6, 6.07) is 5.98. The van der Waals surface area contributed by atoms with Gasteiger partial charge in [0.15, 0.2) is 0 Å². The Labute approximate surface area is 114 Å². The van der Waals surface area contributed by atoms with E-state index in [2.05, 4.69) is 19.2 Å². The highest BCUT2D eigenvalue weighted by molar-refractivity contribution is 6.30. The van der Waals surface area contributed by atoms with Crippen LogP contribution >= 0.6 is 11.6 Å². The van der Waals surface area contributed by atoms with Crippen LogP contribution in [0.1, 0.15) is 32.3 Å². The molecule has 1 atom stereocenters. The van der Waals surface area contributed by atoms with E-state index in [0.717, 1.165) is 18.5 Å². The summed E-state index contributed by atoms with van der Waals surface area (Å²) >= 11 is 5.82. The van der Waals surface area contributed by atoms with Crippen LogP contribution in [0.2, 0.25) is 5.02 Å². The van der Waals surface area contributed by atoms with E-state index in [-0.39, 0.29) is 10.8 Å². The quantitative estimate of drug-likeness (QED) is 0.822. The largest absolute Gasteiger partial charge is 0.314 e. The Morgan fingerprint density at radius 1 is 1.39 bits per heavy atom. The van der Waals surface area contributed by atoms with Crippen molar-refractivity contribution < 1.29 is 4.39 Å². The van der Waals surface area contributed by atoms with Gasteiger partial charge in [0.1, 0.15) is 5.82 Å². The summed E-state index contributed by atoms with van der Waals surface area (Å²) in [6.07, 6.45) is 3.33. The molecule has 3 heteroatoms.